The fourth-order valence-corrected chi connectivity index (χ4v) is 1.45. The molecule has 0 saturated carbocycles. The van der Waals surface area contributed by atoms with Crippen LogP contribution in [0.4, 0.5) is 0 Å². The van der Waals surface area contributed by atoms with Crippen LogP contribution in [0.3, 0.4) is 0 Å². The predicted octanol–water partition coefficient (Wildman–Crippen LogP) is 2.78. The fraction of sp³-hybridized carbons (Fsp3) is 0.750. The van der Waals surface area contributed by atoms with Gasteiger partial charge in [0.15, 0.2) is 0 Å². The third kappa shape index (κ3) is 10.1. The molecule has 0 fully saturated rings. The molecular formula is C16H26O6. The van der Waals surface area contributed by atoms with Gasteiger partial charge in [-0.3, -0.25) is 19.2 Å². The second-order valence-electron chi connectivity index (χ2n) is 5.81. The monoisotopic (exact) mass is 314 g/mol. The summed E-state index contributed by atoms with van der Waals surface area (Å²) in [5.41, 5.74) is 0. The van der Waals surface area contributed by atoms with E-state index in [4.69, 9.17) is 0 Å². The number of ether oxygens (including phenoxy) is 2. The third-order valence-electron chi connectivity index (χ3n) is 2.88. The molecule has 0 N–H and O–H groups in total. The number of rotatable bonds is 9. The molecule has 0 atom stereocenters. The van der Waals surface area contributed by atoms with E-state index in [0.29, 0.717) is 12.8 Å². The van der Waals surface area contributed by atoms with Crippen LogP contribution in [0.25, 0.3) is 0 Å². The van der Waals surface area contributed by atoms with Gasteiger partial charge in [-0.2, -0.15) is 0 Å². The van der Waals surface area contributed by atoms with Crippen LogP contribution in [0.2, 0.25) is 0 Å². The first kappa shape index (κ1) is 20.3. The largest absolute Gasteiger partial charge is 0.393 e. The van der Waals surface area contributed by atoms with Gasteiger partial charge in [0.2, 0.25) is 0 Å². The zero-order chi connectivity index (χ0) is 17.1. The molecule has 0 aliphatic rings. The van der Waals surface area contributed by atoms with Crippen molar-refractivity contribution in [2.45, 2.75) is 66.2 Å². The van der Waals surface area contributed by atoms with E-state index < -0.39 is 23.9 Å². The van der Waals surface area contributed by atoms with Crippen molar-refractivity contribution in [3.8, 4) is 0 Å². The minimum Gasteiger partial charge on any atom is -0.393 e. The molecule has 0 unspecified atom stereocenters. The lowest BCUT2D eigenvalue weighted by Crippen LogP contribution is -2.17. The van der Waals surface area contributed by atoms with E-state index in [-0.39, 0.29) is 24.7 Å². The van der Waals surface area contributed by atoms with Crippen molar-refractivity contribution in [1.29, 1.82) is 0 Å². The van der Waals surface area contributed by atoms with Crippen molar-refractivity contribution in [3.63, 3.8) is 0 Å². The van der Waals surface area contributed by atoms with Gasteiger partial charge in [-0.1, -0.05) is 40.5 Å². The number of carbonyl (C=O) groups excluding carboxylic acids is 4. The molecule has 0 aromatic heterocycles. The van der Waals surface area contributed by atoms with E-state index in [1.807, 2.05) is 0 Å². The van der Waals surface area contributed by atoms with Gasteiger partial charge in [-0.15, -0.1) is 0 Å². The molecule has 22 heavy (non-hydrogen) atoms. The first-order valence-corrected chi connectivity index (χ1v) is 7.73. The number of carbonyl (C=O) groups is 4. The zero-order valence-electron chi connectivity index (χ0n) is 13.8. The summed E-state index contributed by atoms with van der Waals surface area (Å²) in [7, 11) is 0. The highest BCUT2D eigenvalue weighted by Gasteiger charge is 2.14. The maximum atomic E-state index is 11.3. The maximum Gasteiger partial charge on any atom is 0.316 e. The average Bonchev–Trinajstić information content (AvgIpc) is 2.42. The average molecular weight is 314 g/mol. The van der Waals surface area contributed by atoms with Crippen LogP contribution in [0.15, 0.2) is 0 Å². The molecule has 0 spiro atoms. The summed E-state index contributed by atoms with van der Waals surface area (Å²) in [6, 6.07) is 0. The van der Waals surface area contributed by atoms with E-state index in [1.54, 1.807) is 27.7 Å². The van der Waals surface area contributed by atoms with Crippen LogP contribution >= 0.6 is 0 Å². The Morgan fingerprint density at radius 3 is 1.23 bits per heavy atom. The van der Waals surface area contributed by atoms with Gasteiger partial charge in [0, 0.05) is 12.8 Å². The molecule has 0 aromatic carbocycles. The van der Waals surface area contributed by atoms with Crippen molar-refractivity contribution in [1.82, 2.24) is 0 Å². The second kappa shape index (κ2) is 10.9. The standard InChI is InChI=1S/C16H26O6/c1-11(2)15(19)21-13(17)9-7-5-6-8-10-14(18)22-16(20)12(3)4/h11-12H,5-10H2,1-4H3. The van der Waals surface area contributed by atoms with Crippen molar-refractivity contribution in [3.05, 3.63) is 0 Å². The number of hydrogen-bond donors (Lipinski definition) is 0. The highest BCUT2D eigenvalue weighted by atomic mass is 16.6. The second-order valence-corrected chi connectivity index (χ2v) is 5.81. The lowest BCUT2D eigenvalue weighted by Gasteiger charge is -2.06. The zero-order valence-corrected chi connectivity index (χ0v) is 13.8. The van der Waals surface area contributed by atoms with Gasteiger partial charge in [0.25, 0.3) is 0 Å². The molecule has 6 heteroatoms. The summed E-state index contributed by atoms with van der Waals surface area (Å²) in [5.74, 6) is -2.68. The molecule has 0 aromatic rings. The third-order valence-corrected chi connectivity index (χ3v) is 2.88. The van der Waals surface area contributed by atoms with Gasteiger partial charge in [-0.25, -0.2) is 0 Å². The minimum absolute atomic E-state index is 0.189. The van der Waals surface area contributed by atoms with E-state index in [1.165, 1.54) is 0 Å². The van der Waals surface area contributed by atoms with Crippen LogP contribution in [0.5, 0.6) is 0 Å². The fourth-order valence-electron chi connectivity index (χ4n) is 1.45. The minimum atomic E-state index is -0.513. The Kier molecular flexibility index (Phi) is 10.1. The summed E-state index contributed by atoms with van der Waals surface area (Å²) in [6.07, 6.45) is 3.07. The summed E-state index contributed by atoms with van der Waals surface area (Å²) >= 11 is 0. The predicted molar refractivity (Wildman–Crippen MR) is 79.6 cm³/mol. The van der Waals surface area contributed by atoms with E-state index in [2.05, 4.69) is 9.47 Å². The molecule has 0 amide bonds. The molecule has 6 nitrogen and oxygen atoms in total. The highest BCUT2D eigenvalue weighted by Crippen LogP contribution is 2.08. The van der Waals surface area contributed by atoms with Gasteiger partial charge >= 0.3 is 23.9 Å². The van der Waals surface area contributed by atoms with E-state index >= 15 is 0 Å². The quantitative estimate of drug-likeness (QED) is 0.369. The topological polar surface area (TPSA) is 86.7 Å². The Hall–Kier alpha value is -1.72. The first-order valence-electron chi connectivity index (χ1n) is 7.73. The van der Waals surface area contributed by atoms with Crippen molar-refractivity contribution < 1.29 is 28.7 Å². The van der Waals surface area contributed by atoms with Crippen LogP contribution < -0.4 is 0 Å². The van der Waals surface area contributed by atoms with Crippen molar-refractivity contribution in [2.75, 3.05) is 0 Å². The van der Waals surface area contributed by atoms with Gasteiger partial charge < -0.3 is 9.47 Å². The number of unbranched alkanes of at least 4 members (excludes halogenated alkanes) is 3. The molecule has 0 radical (unpaired) electrons. The van der Waals surface area contributed by atoms with Gasteiger partial charge in [-0.05, 0) is 12.8 Å². The normalized spacial score (nSPS) is 10.6. The molecule has 0 bridgehead atoms. The lowest BCUT2D eigenvalue weighted by atomic mass is 10.1. The molecule has 0 saturated heterocycles. The summed E-state index contributed by atoms with van der Waals surface area (Å²) in [5, 5.41) is 0. The molecule has 0 aliphatic carbocycles. The molecule has 0 rings (SSSR count). The van der Waals surface area contributed by atoms with Crippen LogP contribution in [-0.2, 0) is 28.7 Å². The van der Waals surface area contributed by atoms with Gasteiger partial charge in [0.05, 0.1) is 11.8 Å². The smallest absolute Gasteiger partial charge is 0.316 e. The number of hydrogen-bond acceptors (Lipinski definition) is 6. The Bertz CT molecular complexity index is 359. The van der Waals surface area contributed by atoms with E-state index in [9.17, 15) is 19.2 Å². The first-order chi connectivity index (χ1) is 10.2. The Balaban J connectivity index is 3.62. The summed E-state index contributed by atoms with van der Waals surface area (Å²) in [4.78, 5) is 45.0. The summed E-state index contributed by atoms with van der Waals surface area (Å²) < 4.78 is 9.27. The van der Waals surface area contributed by atoms with Crippen molar-refractivity contribution in [2.24, 2.45) is 11.8 Å². The summed E-state index contributed by atoms with van der Waals surface area (Å²) in [6.45, 7) is 6.66. The maximum absolute atomic E-state index is 11.3. The lowest BCUT2D eigenvalue weighted by molar-refractivity contribution is -0.163. The SMILES string of the molecule is CC(C)C(=O)OC(=O)CCCCCCC(=O)OC(=O)C(C)C. The van der Waals surface area contributed by atoms with Crippen LogP contribution in [0.1, 0.15) is 66.2 Å². The van der Waals surface area contributed by atoms with E-state index in [0.717, 1.165) is 12.8 Å². The molecule has 126 valence electrons. The molecule has 0 aliphatic heterocycles. The highest BCUT2D eigenvalue weighted by molar-refractivity contribution is 5.86. The van der Waals surface area contributed by atoms with Crippen LogP contribution in [0, 0.1) is 11.8 Å². The Labute approximate surface area is 131 Å². The van der Waals surface area contributed by atoms with Gasteiger partial charge in [0.1, 0.15) is 0 Å². The molecule has 0 heterocycles. The molecular weight excluding hydrogens is 288 g/mol. The Morgan fingerprint density at radius 2 is 0.955 bits per heavy atom. The van der Waals surface area contributed by atoms with Crippen molar-refractivity contribution >= 4 is 23.9 Å². The number of esters is 4. The van der Waals surface area contributed by atoms with Crippen LogP contribution in [-0.4, -0.2) is 23.9 Å². The Morgan fingerprint density at radius 1 is 0.636 bits per heavy atom.